The van der Waals surface area contributed by atoms with E-state index in [9.17, 15) is 0 Å². The zero-order valence-electron chi connectivity index (χ0n) is 12.4. The van der Waals surface area contributed by atoms with Crippen molar-refractivity contribution in [2.75, 3.05) is 19.0 Å². The minimum Gasteiger partial charge on any atom is -0.497 e. The average molecular weight is 350 g/mol. The van der Waals surface area contributed by atoms with Gasteiger partial charge in [0.15, 0.2) is 0 Å². The molecule has 0 saturated carbocycles. The van der Waals surface area contributed by atoms with E-state index in [0.29, 0.717) is 0 Å². The first-order valence-corrected chi connectivity index (χ1v) is 7.81. The van der Waals surface area contributed by atoms with Gasteiger partial charge in [-0.25, -0.2) is 0 Å². The first-order chi connectivity index (χ1) is 10.2. The van der Waals surface area contributed by atoms with Gasteiger partial charge in [-0.15, -0.1) is 0 Å². The lowest BCUT2D eigenvalue weighted by Gasteiger charge is -2.11. The highest BCUT2D eigenvalue weighted by molar-refractivity contribution is 9.10. The number of nitrogens with one attached hydrogen (secondary N) is 1. The lowest BCUT2D eigenvalue weighted by Crippen LogP contribution is -2.01. The van der Waals surface area contributed by atoms with Crippen LogP contribution in [0, 0.1) is 0 Å². The Morgan fingerprint density at radius 1 is 1.05 bits per heavy atom. The van der Waals surface area contributed by atoms with Gasteiger partial charge in [-0.1, -0.05) is 19.1 Å². The van der Waals surface area contributed by atoms with Crippen molar-refractivity contribution in [2.24, 2.45) is 0 Å². The van der Waals surface area contributed by atoms with E-state index in [2.05, 4.69) is 40.3 Å². The number of hydrogen-bond acceptors (Lipinski definition) is 3. The maximum atomic E-state index is 5.58. The summed E-state index contributed by atoms with van der Waals surface area (Å²) in [5.41, 5.74) is 2.22. The van der Waals surface area contributed by atoms with Crippen LogP contribution in [0.5, 0.6) is 11.5 Å². The molecule has 0 aliphatic carbocycles. The third-order valence-electron chi connectivity index (χ3n) is 3.05. The molecule has 0 aromatic heterocycles. The fraction of sp³-hybridized carbons (Fsp3) is 0.294. The monoisotopic (exact) mass is 349 g/mol. The molecule has 2 aromatic rings. The van der Waals surface area contributed by atoms with Gasteiger partial charge < -0.3 is 14.8 Å². The zero-order valence-corrected chi connectivity index (χ0v) is 13.9. The highest BCUT2D eigenvalue weighted by atomic mass is 79.9. The summed E-state index contributed by atoms with van der Waals surface area (Å²) < 4.78 is 11.8. The number of ether oxygens (including phenoxy) is 2. The summed E-state index contributed by atoms with van der Waals surface area (Å²) >= 11 is 3.54. The van der Waals surface area contributed by atoms with Crippen LogP contribution in [0.3, 0.4) is 0 Å². The normalized spacial score (nSPS) is 10.2. The Bertz CT molecular complexity index is 570. The van der Waals surface area contributed by atoms with E-state index in [-0.39, 0.29) is 0 Å². The van der Waals surface area contributed by atoms with Crippen LogP contribution in [0.4, 0.5) is 5.69 Å². The minimum absolute atomic E-state index is 0.750. The molecule has 2 aromatic carbocycles. The standard InChI is InChI=1S/C17H20BrNO2/c1-3-10-21-14-6-4-13(5-7-14)12-19-17-11-15(20-2)8-9-16(17)18/h4-9,11,19H,3,10,12H2,1-2H3. The topological polar surface area (TPSA) is 30.5 Å². The fourth-order valence-electron chi connectivity index (χ4n) is 1.89. The van der Waals surface area contributed by atoms with Crippen LogP contribution < -0.4 is 14.8 Å². The molecule has 0 atom stereocenters. The first-order valence-electron chi connectivity index (χ1n) is 7.02. The van der Waals surface area contributed by atoms with Gasteiger partial charge >= 0.3 is 0 Å². The Kier molecular flexibility index (Phi) is 5.93. The number of anilines is 1. The quantitative estimate of drug-likeness (QED) is 0.774. The molecule has 0 aliphatic heterocycles. The van der Waals surface area contributed by atoms with E-state index in [0.717, 1.165) is 41.2 Å². The molecular weight excluding hydrogens is 330 g/mol. The molecule has 0 bridgehead atoms. The zero-order chi connectivity index (χ0) is 15.1. The van der Waals surface area contributed by atoms with E-state index < -0.39 is 0 Å². The molecule has 0 spiro atoms. The van der Waals surface area contributed by atoms with E-state index in [1.807, 2.05) is 30.3 Å². The Balaban J connectivity index is 1.96. The predicted molar refractivity (Wildman–Crippen MR) is 90.2 cm³/mol. The second-order valence-corrected chi connectivity index (χ2v) is 5.55. The van der Waals surface area contributed by atoms with Crippen LogP contribution in [-0.2, 0) is 6.54 Å². The molecule has 2 rings (SSSR count). The molecule has 0 fully saturated rings. The molecule has 0 unspecified atom stereocenters. The molecule has 1 N–H and O–H groups in total. The number of rotatable bonds is 7. The largest absolute Gasteiger partial charge is 0.497 e. The van der Waals surface area contributed by atoms with Gasteiger partial charge in [-0.3, -0.25) is 0 Å². The van der Waals surface area contributed by atoms with E-state index >= 15 is 0 Å². The van der Waals surface area contributed by atoms with Gasteiger partial charge in [0, 0.05) is 17.1 Å². The van der Waals surface area contributed by atoms with E-state index in [1.165, 1.54) is 5.56 Å². The smallest absolute Gasteiger partial charge is 0.121 e. The lowest BCUT2D eigenvalue weighted by atomic mass is 10.2. The van der Waals surface area contributed by atoms with Crippen LogP contribution in [0.1, 0.15) is 18.9 Å². The summed E-state index contributed by atoms with van der Waals surface area (Å²) in [7, 11) is 1.67. The van der Waals surface area contributed by atoms with Crippen molar-refractivity contribution in [3.05, 3.63) is 52.5 Å². The van der Waals surface area contributed by atoms with E-state index in [1.54, 1.807) is 7.11 Å². The predicted octanol–water partition coefficient (Wildman–Crippen LogP) is 4.86. The molecule has 0 heterocycles. The first kappa shape index (κ1) is 15.7. The van der Waals surface area contributed by atoms with Crippen molar-refractivity contribution in [3.8, 4) is 11.5 Å². The van der Waals surface area contributed by atoms with Crippen LogP contribution in [0.15, 0.2) is 46.9 Å². The van der Waals surface area contributed by atoms with Gasteiger partial charge in [0.25, 0.3) is 0 Å². The van der Waals surface area contributed by atoms with E-state index in [4.69, 9.17) is 9.47 Å². The van der Waals surface area contributed by atoms with Crippen molar-refractivity contribution in [2.45, 2.75) is 19.9 Å². The third kappa shape index (κ3) is 4.67. The van der Waals surface area contributed by atoms with Crippen LogP contribution in [-0.4, -0.2) is 13.7 Å². The van der Waals surface area contributed by atoms with Crippen molar-refractivity contribution < 1.29 is 9.47 Å². The summed E-state index contributed by atoms with van der Waals surface area (Å²) in [5.74, 6) is 1.76. The summed E-state index contributed by atoms with van der Waals surface area (Å²) in [4.78, 5) is 0. The summed E-state index contributed by atoms with van der Waals surface area (Å²) in [6.07, 6.45) is 1.02. The van der Waals surface area contributed by atoms with Crippen LogP contribution in [0.25, 0.3) is 0 Å². The van der Waals surface area contributed by atoms with Crippen LogP contribution >= 0.6 is 15.9 Å². The molecule has 21 heavy (non-hydrogen) atoms. The van der Waals surface area contributed by atoms with Crippen LogP contribution in [0.2, 0.25) is 0 Å². The number of hydrogen-bond donors (Lipinski definition) is 1. The van der Waals surface area contributed by atoms with Crippen molar-refractivity contribution >= 4 is 21.6 Å². The number of halogens is 1. The Hall–Kier alpha value is -1.68. The third-order valence-corrected chi connectivity index (χ3v) is 3.74. The summed E-state index contributed by atoms with van der Waals surface area (Å²) in [6, 6.07) is 14.0. The minimum atomic E-state index is 0.750. The molecule has 112 valence electrons. The molecule has 0 radical (unpaired) electrons. The number of methoxy groups -OCH3 is 1. The molecule has 3 nitrogen and oxygen atoms in total. The van der Waals surface area contributed by atoms with Crippen molar-refractivity contribution in [1.82, 2.24) is 0 Å². The van der Waals surface area contributed by atoms with Gasteiger partial charge in [0.1, 0.15) is 11.5 Å². The molecule has 0 amide bonds. The molecule has 0 saturated heterocycles. The molecule has 4 heteroatoms. The Labute approximate surface area is 134 Å². The Morgan fingerprint density at radius 3 is 2.43 bits per heavy atom. The highest BCUT2D eigenvalue weighted by Gasteiger charge is 2.02. The van der Waals surface area contributed by atoms with Gasteiger partial charge in [0.2, 0.25) is 0 Å². The van der Waals surface area contributed by atoms with Crippen molar-refractivity contribution in [1.29, 1.82) is 0 Å². The highest BCUT2D eigenvalue weighted by Crippen LogP contribution is 2.27. The second-order valence-electron chi connectivity index (χ2n) is 4.69. The average Bonchev–Trinajstić information content (AvgIpc) is 2.53. The second kappa shape index (κ2) is 7.93. The fourth-order valence-corrected chi connectivity index (χ4v) is 2.27. The van der Waals surface area contributed by atoms with Gasteiger partial charge in [-0.05, 0) is 52.2 Å². The lowest BCUT2D eigenvalue weighted by molar-refractivity contribution is 0.317. The molecular formula is C17H20BrNO2. The van der Waals surface area contributed by atoms with Gasteiger partial charge in [-0.2, -0.15) is 0 Å². The SMILES string of the molecule is CCCOc1ccc(CNc2cc(OC)ccc2Br)cc1. The van der Waals surface area contributed by atoms with Crippen molar-refractivity contribution in [3.63, 3.8) is 0 Å². The summed E-state index contributed by atoms with van der Waals surface area (Å²) in [5, 5.41) is 3.40. The van der Waals surface area contributed by atoms with Gasteiger partial charge in [0.05, 0.1) is 19.4 Å². The number of benzene rings is 2. The summed E-state index contributed by atoms with van der Waals surface area (Å²) in [6.45, 7) is 3.61. The maximum absolute atomic E-state index is 5.58. The molecule has 0 aliphatic rings. The maximum Gasteiger partial charge on any atom is 0.121 e. The Morgan fingerprint density at radius 2 is 1.76 bits per heavy atom.